The monoisotopic (exact) mass is 338 g/mol. The summed E-state index contributed by atoms with van der Waals surface area (Å²) in [5, 5.41) is 10.9. The van der Waals surface area contributed by atoms with E-state index in [0.29, 0.717) is 0 Å². The zero-order valence-corrected chi connectivity index (χ0v) is 13.3. The fourth-order valence-corrected chi connectivity index (χ4v) is 3.08. The van der Waals surface area contributed by atoms with Gasteiger partial charge in [-0.25, -0.2) is 4.79 Å². The van der Waals surface area contributed by atoms with Crippen LogP contribution in [0.2, 0.25) is 0 Å². The van der Waals surface area contributed by atoms with Crippen molar-refractivity contribution in [3.63, 3.8) is 0 Å². The van der Waals surface area contributed by atoms with Gasteiger partial charge in [0, 0.05) is 5.92 Å². The summed E-state index contributed by atoms with van der Waals surface area (Å²) in [5.41, 5.74) is 4.36. The van der Waals surface area contributed by atoms with Crippen LogP contribution in [0.25, 0.3) is 11.1 Å². The first-order valence-corrected chi connectivity index (χ1v) is 7.81. The molecule has 1 radical (unpaired) electrons. The van der Waals surface area contributed by atoms with E-state index < -0.39 is 24.5 Å². The van der Waals surface area contributed by atoms with Crippen LogP contribution in [0.1, 0.15) is 23.5 Å². The molecule has 0 aliphatic heterocycles. The molecule has 1 amide bonds. The highest BCUT2D eigenvalue weighted by Gasteiger charge is 2.29. The molecule has 1 aliphatic rings. The molecule has 0 saturated carbocycles. The summed E-state index contributed by atoms with van der Waals surface area (Å²) in [7, 11) is 0. The fourth-order valence-electron chi connectivity index (χ4n) is 3.08. The lowest BCUT2D eigenvalue weighted by atomic mass is 9.98. The Morgan fingerprint density at radius 3 is 2.16 bits per heavy atom. The van der Waals surface area contributed by atoms with E-state index in [-0.39, 0.29) is 12.5 Å². The zero-order valence-electron chi connectivity index (χ0n) is 13.3. The number of hydrogen-bond donors (Lipinski definition) is 2. The maximum atomic E-state index is 11.9. The van der Waals surface area contributed by atoms with Crippen LogP contribution in [0, 0.1) is 0 Å². The van der Waals surface area contributed by atoms with Crippen molar-refractivity contribution in [2.45, 2.75) is 18.4 Å². The quantitative estimate of drug-likeness (QED) is 0.844. The molecule has 0 bridgehead atoms. The standard InChI is InChI=1S/C19H16NO5/c21-10-12(9-18(22)23)20-19(24)25-11-17-15-7-3-1-5-13(15)14-6-2-4-8-16(14)17/h1-8,12,17H,9,11H2,(H,20,24)(H,22,23). The van der Waals surface area contributed by atoms with E-state index in [4.69, 9.17) is 9.84 Å². The molecular weight excluding hydrogens is 322 g/mol. The number of ether oxygens (including phenoxy) is 1. The molecule has 0 spiro atoms. The number of alkyl carbamates (subject to hydrolysis) is 1. The van der Waals surface area contributed by atoms with Gasteiger partial charge in [0.1, 0.15) is 12.6 Å². The zero-order chi connectivity index (χ0) is 17.8. The fraction of sp³-hybridized carbons (Fsp3) is 0.211. The molecule has 1 unspecified atom stereocenters. The van der Waals surface area contributed by atoms with Crippen molar-refractivity contribution in [2.24, 2.45) is 0 Å². The van der Waals surface area contributed by atoms with Crippen LogP contribution in [0.3, 0.4) is 0 Å². The number of carboxylic acids is 1. The number of carbonyl (C=O) groups is 2. The number of benzene rings is 2. The number of hydrogen-bond acceptors (Lipinski definition) is 4. The second-order valence-electron chi connectivity index (χ2n) is 5.74. The average molecular weight is 338 g/mol. The van der Waals surface area contributed by atoms with E-state index >= 15 is 0 Å². The van der Waals surface area contributed by atoms with Crippen molar-refractivity contribution in [3.05, 3.63) is 59.7 Å². The average Bonchev–Trinajstić information content (AvgIpc) is 2.93. The van der Waals surface area contributed by atoms with E-state index in [1.165, 1.54) is 6.29 Å². The Bertz CT molecular complexity index is 771. The molecule has 127 valence electrons. The lowest BCUT2D eigenvalue weighted by molar-refractivity contribution is -0.137. The van der Waals surface area contributed by atoms with Crippen molar-refractivity contribution < 1.29 is 24.2 Å². The summed E-state index contributed by atoms with van der Waals surface area (Å²) in [5.74, 6) is -1.30. The summed E-state index contributed by atoms with van der Waals surface area (Å²) in [6.07, 6.45) is 0.110. The second kappa shape index (κ2) is 7.17. The Morgan fingerprint density at radius 1 is 1.08 bits per heavy atom. The molecule has 6 heteroatoms. The van der Waals surface area contributed by atoms with Gasteiger partial charge < -0.3 is 15.2 Å². The highest BCUT2D eigenvalue weighted by molar-refractivity contribution is 5.80. The molecule has 6 nitrogen and oxygen atoms in total. The molecule has 1 atom stereocenters. The van der Waals surface area contributed by atoms with Crippen LogP contribution in [0.15, 0.2) is 48.5 Å². The number of rotatable bonds is 6. The summed E-state index contributed by atoms with van der Waals surface area (Å²) >= 11 is 0. The second-order valence-corrected chi connectivity index (χ2v) is 5.74. The van der Waals surface area contributed by atoms with Crippen molar-refractivity contribution >= 4 is 18.3 Å². The predicted molar refractivity (Wildman–Crippen MR) is 89.9 cm³/mol. The molecule has 25 heavy (non-hydrogen) atoms. The van der Waals surface area contributed by atoms with Gasteiger partial charge in [-0.05, 0) is 22.3 Å². The normalized spacial score (nSPS) is 13.4. The third kappa shape index (κ3) is 3.52. The van der Waals surface area contributed by atoms with Gasteiger partial charge in [0.25, 0.3) is 0 Å². The van der Waals surface area contributed by atoms with E-state index in [1.807, 2.05) is 48.5 Å². The van der Waals surface area contributed by atoms with Gasteiger partial charge in [-0.2, -0.15) is 0 Å². The highest BCUT2D eigenvalue weighted by Crippen LogP contribution is 2.44. The number of aliphatic carboxylic acids is 1. The summed E-state index contributed by atoms with van der Waals surface area (Å²) in [4.78, 5) is 33.2. The van der Waals surface area contributed by atoms with E-state index in [9.17, 15) is 14.4 Å². The Hall–Kier alpha value is -3.15. The van der Waals surface area contributed by atoms with E-state index in [2.05, 4.69) is 5.32 Å². The third-order valence-corrected chi connectivity index (χ3v) is 4.16. The van der Waals surface area contributed by atoms with E-state index in [1.54, 1.807) is 0 Å². The minimum atomic E-state index is -1.23. The molecule has 0 fully saturated rings. The number of nitrogens with one attached hydrogen (secondary N) is 1. The number of carboxylic acid groups (broad SMARTS) is 1. The SMILES string of the molecule is O=[C]C(CC(=O)O)NC(=O)OCC1c2ccccc2-c2ccccc21. The molecule has 3 rings (SSSR count). The van der Waals surface area contributed by atoms with Crippen LogP contribution in [-0.4, -0.2) is 36.1 Å². The molecule has 0 aromatic heterocycles. The lowest BCUT2D eigenvalue weighted by Crippen LogP contribution is -2.38. The Kier molecular flexibility index (Phi) is 4.79. The number of amides is 1. The summed E-state index contributed by atoms with van der Waals surface area (Å²) < 4.78 is 5.23. The summed E-state index contributed by atoms with van der Waals surface area (Å²) in [6.45, 7) is 0.0957. The molecule has 0 saturated heterocycles. The van der Waals surface area contributed by atoms with Gasteiger partial charge in [0.15, 0.2) is 0 Å². The van der Waals surface area contributed by atoms with E-state index in [0.717, 1.165) is 22.3 Å². The lowest BCUT2D eigenvalue weighted by Gasteiger charge is -2.15. The van der Waals surface area contributed by atoms with Crippen LogP contribution >= 0.6 is 0 Å². The Morgan fingerprint density at radius 2 is 1.64 bits per heavy atom. The molecule has 2 aromatic rings. The molecule has 2 N–H and O–H groups in total. The first-order chi connectivity index (χ1) is 12.1. The van der Waals surface area contributed by atoms with Gasteiger partial charge in [0.05, 0.1) is 6.42 Å². The minimum absolute atomic E-state index is 0.0957. The largest absolute Gasteiger partial charge is 0.481 e. The van der Waals surface area contributed by atoms with Crippen molar-refractivity contribution in [1.29, 1.82) is 0 Å². The van der Waals surface area contributed by atoms with Crippen molar-refractivity contribution in [3.8, 4) is 11.1 Å². The van der Waals surface area contributed by atoms with Gasteiger partial charge in [-0.3, -0.25) is 9.59 Å². The van der Waals surface area contributed by atoms with Crippen LogP contribution in [-0.2, 0) is 14.3 Å². The van der Waals surface area contributed by atoms with Crippen LogP contribution < -0.4 is 5.32 Å². The molecule has 0 heterocycles. The minimum Gasteiger partial charge on any atom is -0.481 e. The van der Waals surface area contributed by atoms with Crippen LogP contribution in [0.4, 0.5) is 4.79 Å². The third-order valence-electron chi connectivity index (χ3n) is 4.16. The van der Waals surface area contributed by atoms with Gasteiger partial charge >= 0.3 is 12.1 Å². The smallest absolute Gasteiger partial charge is 0.407 e. The topological polar surface area (TPSA) is 92.7 Å². The predicted octanol–water partition coefficient (Wildman–Crippen LogP) is 2.48. The number of fused-ring (bicyclic) bond motifs is 3. The molecule has 2 aromatic carbocycles. The first-order valence-electron chi connectivity index (χ1n) is 7.81. The molecular formula is C19H16NO5. The maximum absolute atomic E-state index is 11.9. The van der Waals surface area contributed by atoms with Crippen molar-refractivity contribution in [2.75, 3.05) is 6.61 Å². The van der Waals surface area contributed by atoms with Crippen molar-refractivity contribution in [1.82, 2.24) is 5.32 Å². The van der Waals surface area contributed by atoms with Crippen LogP contribution in [0.5, 0.6) is 0 Å². The highest BCUT2D eigenvalue weighted by atomic mass is 16.5. The van der Waals surface area contributed by atoms with Gasteiger partial charge in [0.2, 0.25) is 6.29 Å². The first kappa shape index (κ1) is 16.7. The van der Waals surface area contributed by atoms with Gasteiger partial charge in [-0.1, -0.05) is 48.5 Å². The van der Waals surface area contributed by atoms with Gasteiger partial charge in [-0.15, -0.1) is 0 Å². The maximum Gasteiger partial charge on any atom is 0.407 e. The Balaban J connectivity index is 1.70. The number of carbonyl (C=O) groups excluding carboxylic acids is 2. The Labute approximate surface area is 144 Å². The molecule has 1 aliphatic carbocycles. The summed E-state index contributed by atoms with van der Waals surface area (Å²) in [6, 6.07) is 14.6.